The molecule has 6 fully saturated rings. The van der Waals surface area contributed by atoms with E-state index >= 15 is 0 Å². The van der Waals surface area contributed by atoms with Crippen LogP contribution in [0.1, 0.15) is 231 Å². The molecule has 17 rings (SSSR count). The molecule has 3 saturated carbocycles. The Morgan fingerprint density at radius 3 is 1.20 bits per heavy atom. The number of fused-ring (bicyclic) bond motifs is 3. The lowest BCUT2D eigenvalue weighted by Gasteiger charge is -2.45. The van der Waals surface area contributed by atoms with Gasteiger partial charge in [0, 0.05) is 4.47 Å². The van der Waals surface area contributed by atoms with Crippen molar-refractivity contribution in [2.24, 2.45) is 23.7 Å². The molecule has 6 aliphatic heterocycles. The van der Waals surface area contributed by atoms with Gasteiger partial charge in [-0.15, -0.1) is 0 Å². The smallest absolute Gasteiger partial charge is 0.454 e. The van der Waals surface area contributed by atoms with Crippen molar-refractivity contribution in [2.45, 2.75) is 249 Å². The van der Waals surface area contributed by atoms with Gasteiger partial charge in [-0.1, -0.05) is 216 Å². The van der Waals surface area contributed by atoms with E-state index in [0.29, 0.717) is 48.7 Å². The van der Waals surface area contributed by atoms with Crippen LogP contribution in [0.25, 0.3) is 0 Å². The Balaban J connectivity index is 0.000000134. The molecule has 8 aromatic rings. The molecular weight excluding hydrogens is 1460 g/mol. The topological polar surface area (TPSA) is 195 Å². The van der Waals surface area contributed by atoms with E-state index in [0.717, 1.165) is 131 Å². The van der Waals surface area contributed by atoms with Crippen LogP contribution in [-0.2, 0) is 75.4 Å². The zero-order chi connectivity index (χ0) is 77.2. The third-order valence-electron chi connectivity index (χ3n) is 24.9. The fourth-order valence-electron chi connectivity index (χ4n) is 17.5. The minimum absolute atomic E-state index is 0.00192. The molecule has 0 aromatic heterocycles. The van der Waals surface area contributed by atoms with Crippen LogP contribution >= 0.6 is 15.9 Å². The van der Waals surface area contributed by atoms with Crippen molar-refractivity contribution in [3.63, 3.8) is 0 Å². The van der Waals surface area contributed by atoms with Crippen molar-refractivity contribution in [2.75, 3.05) is 26.4 Å². The van der Waals surface area contributed by atoms with E-state index in [2.05, 4.69) is 215 Å². The maximum absolute atomic E-state index is 10.5. The molecule has 6 N–H and O–H groups in total. The van der Waals surface area contributed by atoms with Crippen LogP contribution in [-0.4, -0.2) is 113 Å². The molecule has 0 spiro atoms. The lowest BCUT2D eigenvalue weighted by atomic mass is 9.78. The van der Waals surface area contributed by atoms with Crippen molar-refractivity contribution < 1.29 is 68.4 Å². The minimum atomic E-state index is -1.37. The molecule has 0 bridgehead atoms. The second-order valence-corrected chi connectivity index (χ2v) is 33.8. The van der Waals surface area contributed by atoms with E-state index in [9.17, 15) is 20.4 Å². The third kappa shape index (κ3) is 20.1. The molecule has 16 heteroatoms. The minimum Gasteiger partial charge on any atom is -0.493 e. The Kier molecular flexibility index (Phi) is 27.5. The molecule has 9 aliphatic rings. The number of hydrogen-bond acceptors (Lipinski definition) is 14. The summed E-state index contributed by atoms with van der Waals surface area (Å²) in [6.07, 6.45) is 12.7. The fraction of sp³-hybridized carbons (Fsp3) is 0.495. The summed E-state index contributed by atoms with van der Waals surface area (Å²) in [6, 6.07) is 60.8. The number of ether oxygens (including phenoxy) is 8. The molecular formula is C95H116BBrO14. The zero-order valence-corrected chi connectivity index (χ0v) is 67.3. The zero-order valence-electron chi connectivity index (χ0n) is 65.7. The maximum Gasteiger partial charge on any atom is 0.454 e. The first-order valence-corrected chi connectivity index (χ1v) is 42.3. The average molecular weight is 1570 g/mol. The molecule has 590 valence electrons. The summed E-state index contributed by atoms with van der Waals surface area (Å²) in [6.45, 7) is 17.0. The first-order valence-electron chi connectivity index (χ1n) is 41.6. The highest BCUT2D eigenvalue weighted by atomic mass is 79.9. The van der Waals surface area contributed by atoms with Crippen molar-refractivity contribution in [3.8, 4) is 17.2 Å². The molecule has 15 atom stereocenters. The Morgan fingerprint density at radius 2 is 0.811 bits per heavy atom. The molecule has 8 aromatic carbocycles. The van der Waals surface area contributed by atoms with Crippen molar-refractivity contribution in [1.82, 2.24) is 0 Å². The second-order valence-electron chi connectivity index (χ2n) is 33.0. The Morgan fingerprint density at radius 1 is 0.414 bits per heavy atom. The lowest BCUT2D eigenvalue weighted by molar-refractivity contribution is -0.231. The van der Waals surface area contributed by atoms with E-state index in [-0.39, 0.29) is 42.4 Å². The van der Waals surface area contributed by atoms with Crippen LogP contribution in [0, 0.1) is 23.7 Å². The van der Waals surface area contributed by atoms with Gasteiger partial charge in [0.15, 0.2) is 0 Å². The van der Waals surface area contributed by atoms with Gasteiger partial charge < -0.3 is 68.4 Å². The molecule has 3 saturated heterocycles. The highest BCUT2D eigenvalue weighted by Crippen LogP contribution is 2.49. The molecule has 14 nitrogen and oxygen atoms in total. The Hall–Kier alpha value is -6.74. The van der Waals surface area contributed by atoms with Crippen LogP contribution in [0.3, 0.4) is 0 Å². The molecule has 2 unspecified atom stereocenters. The van der Waals surface area contributed by atoms with Crippen molar-refractivity contribution in [3.05, 3.63) is 263 Å². The van der Waals surface area contributed by atoms with Gasteiger partial charge in [0.2, 0.25) is 0 Å². The first-order chi connectivity index (χ1) is 54.0. The van der Waals surface area contributed by atoms with E-state index < -0.39 is 44.2 Å². The summed E-state index contributed by atoms with van der Waals surface area (Å²) < 4.78 is 51.3. The molecule has 6 heterocycles. The quantitative estimate of drug-likeness (QED) is 0.0372. The van der Waals surface area contributed by atoms with Crippen molar-refractivity contribution >= 4 is 23.0 Å². The van der Waals surface area contributed by atoms with E-state index in [1.807, 2.05) is 12.1 Å². The number of halogens is 1. The first kappa shape index (κ1) is 80.9. The fourth-order valence-corrected chi connectivity index (χ4v) is 17.9. The van der Waals surface area contributed by atoms with Crippen LogP contribution in [0.2, 0.25) is 5.82 Å². The monoisotopic (exact) mass is 1570 g/mol. The van der Waals surface area contributed by atoms with Gasteiger partial charge in [0.25, 0.3) is 0 Å². The number of benzene rings is 8. The Labute approximate surface area is 666 Å². The largest absolute Gasteiger partial charge is 0.493 e. The van der Waals surface area contributed by atoms with E-state index in [1.165, 1.54) is 109 Å². The number of aliphatic hydroxyl groups is 4. The second kappa shape index (κ2) is 37.7. The number of aryl methyl sites for hydroxylation is 3. The molecule has 3 aliphatic carbocycles. The summed E-state index contributed by atoms with van der Waals surface area (Å²) in [4.78, 5) is 0. The van der Waals surface area contributed by atoms with E-state index in [1.54, 1.807) is 0 Å². The standard InChI is InChI=1S/C35H42O3.C32H37BrO3.C25H30O6.C3H7BO2/c1-4-32-23(2)24(3)34(37-22-25-9-6-5-7-10-25)35(38-32)29-15-16-31(27-13-14-27)30(21-29)20-26-12-17-33-28(19-26)11-8-18-36-33;1-4-29-21(2)22(3)31(35-20-23-9-6-5-7-10-23)32(36-29)26-13-14-28(33)27(19-26)18-24-12-15-30-25(17-24)11-8-16-34-30;26-13-21-22(27)23(28)24(29)25(31-21)17-6-7-19(15-4-5-15)18(12-17)11-14-3-8-20-16(10-14)2-1-9-30-20;5-4(6)3-1-2-3/h5-7,9-10,12,15-17,19,21,23-24,27,32,34-35H,4,8,11,13-14,18,20,22H2,1-3H3;5-7,9-10,12-15,17,19,21-22,29,31-32H,4,8,11,16,18,20H2,1-3H3;3,6-8,10,12,15,21-29H,1-2,4-5,9,11,13H2;3,5-6H,1-2H2/t23-,24-,32+,34+,35?;21-,22-,29+,31+,32?;21-,22-,23+,24-,25+;/m001./s1. The lowest BCUT2D eigenvalue weighted by Crippen LogP contribution is -2.55. The molecule has 0 radical (unpaired) electrons. The maximum atomic E-state index is 10.5. The van der Waals surface area contributed by atoms with Gasteiger partial charge in [0.1, 0.15) is 60.0 Å². The predicted octanol–water partition coefficient (Wildman–Crippen LogP) is 17.9. The van der Waals surface area contributed by atoms with Gasteiger partial charge in [-0.2, -0.15) is 0 Å². The van der Waals surface area contributed by atoms with Crippen LogP contribution in [0.15, 0.2) is 174 Å². The van der Waals surface area contributed by atoms with Crippen LogP contribution in [0.5, 0.6) is 17.2 Å². The molecule has 0 amide bonds. The van der Waals surface area contributed by atoms with Gasteiger partial charge in [-0.3, -0.25) is 0 Å². The number of rotatable bonds is 21. The summed E-state index contributed by atoms with van der Waals surface area (Å²) in [5, 5.41) is 56.8. The normalized spacial score (nSPS) is 27.2. The number of aliphatic hydroxyl groups excluding tert-OH is 4. The van der Waals surface area contributed by atoms with E-state index in [4.69, 9.17) is 47.9 Å². The average Bonchev–Trinajstić information content (AvgIpc) is 0.899. The summed E-state index contributed by atoms with van der Waals surface area (Å²) in [7, 11) is -1.04. The Bertz CT molecular complexity index is 4330. The third-order valence-corrected chi connectivity index (χ3v) is 25.7. The molecule has 111 heavy (non-hydrogen) atoms. The van der Waals surface area contributed by atoms with Gasteiger partial charge in [-0.05, 0) is 251 Å². The summed E-state index contributed by atoms with van der Waals surface area (Å²) in [5.41, 5.74) is 20.2. The predicted molar refractivity (Wildman–Crippen MR) is 439 cm³/mol. The van der Waals surface area contributed by atoms with Crippen LogP contribution in [0.4, 0.5) is 0 Å². The van der Waals surface area contributed by atoms with Gasteiger partial charge in [-0.25, -0.2) is 0 Å². The highest BCUT2D eigenvalue weighted by Gasteiger charge is 2.46. The summed E-state index contributed by atoms with van der Waals surface area (Å²) in [5.74, 6) is 6.29. The highest BCUT2D eigenvalue weighted by molar-refractivity contribution is 9.10. The van der Waals surface area contributed by atoms with Crippen molar-refractivity contribution in [1.29, 1.82) is 0 Å². The van der Waals surface area contributed by atoms with Gasteiger partial charge in [0.05, 0.1) is 64.1 Å². The van der Waals surface area contributed by atoms with Gasteiger partial charge >= 0.3 is 7.12 Å². The van der Waals surface area contributed by atoms with Crippen LogP contribution < -0.4 is 14.2 Å². The number of hydrogen-bond donors (Lipinski definition) is 6. The summed E-state index contributed by atoms with van der Waals surface area (Å²) >= 11 is 3.81. The SMILES string of the molecule is CC[C@H]1OC(c2ccc(Br)c(Cc3ccc4c(c3)CCCO4)c2)[C@H](OCc2ccccc2)[C@@H](C)[C@@H]1C.CC[C@H]1OC(c2ccc(C3CC3)c(Cc3ccc4c(c3)CCCO4)c2)[C@H](OCc2ccccc2)[C@@H](C)[C@@H]1C.OB(O)C1CC1.OC[C@H]1O[C@@H](c2ccc(C3CC3)c(Cc3ccc4c(c3)CCCO4)c2)[C@H](O)[C@@H](O)[C@@H]1O.